The number of benzene rings is 1. The van der Waals surface area contributed by atoms with Crippen molar-refractivity contribution in [3.63, 3.8) is 0 Å². The summed E-state index contributed by atoms with van der Waals surface area (Å²) in [6.45, 7) is 5.79. The van der Waals surface area contributed by atoms with Crippen LogP contribution >= 0.6 is 0 Å². The van der Waals surface area contributed by atoms with Crippen LogP contribution in [0.3, 0.4) is 0 Å². The van der Waals surface area contributed by atoms with Gasteiger partial charge in [0.15, 0.2) is 0 Å². The van der Waals surface area contributed by atoms with Crippen molar-refractivity contribution in [3.8, 4) is 5.75 Å². The van der Waals surface area contributed by atoms with Crippen LogP contribution in [-0.4, -0.2) is 32.6 Å². The molecule has 0 aromatic heterocycles. The number of nitrogens with zero attached hydrogens (tertiary/aromatic N) is 1. The van der Waals surface area contributed by atoms with Gasteiger partial charge in [-0.3, -0.25) is 0 Å². The highest BCUT2D eigenvalue weighted by molar-refractivity contribution is 5.38. The minimum atomic E-state index is 0.367. The largest absolute Gasteiger partial charge is 0.494 e. The van der Waals surface area contributed by atoms with Crippen LogP contribution in [0.25, 0.3) is 0 Å². The number of hydrogen-bond donors (Lipinski definition) is 1. The van der Waals surface area contributed by atoms with Gasteiger partial charge in [0.1, 0.15) is 5.75 Å². The Morgan fingerprint density at radius 3 is 2.59 bits per heavy atom. The van der Waals surface area contributed by atoms with Gasteiger partial charge in [-0.25, -0.2) is 0 Å². The summed E-state index contributed by atoms with van der Waals surface area (Å²) >= 11 is 0. The van der Waals surface area contributed by atoms with Crippen molar-refractivity contribution in [3.05, 3.63) is 29.3 Å². The SMILES string of the molecule is CCOc1ccc(C(C)NC)cc1CN(C)C. The molecule has 3 heteroatoms. The maximum atomic E-state index is 5.66. The molecule has 96 valence electrons. The van der Waals surface area contributed by atoms with Gasteiger partial charge in [-0.2, -0.15) is 0 Å². The van der Waals surface area contributed by atoms with E-state index in [9.17, 15) is 0 Å². The summed E-state index contributed by atoms with van der Waals surface area (Å²) in [6.07, 6.45) is 0. The average Bonchev–Trinajstić information content (AvgIpc) is 2.30. The molecule has 3 nitrogen and oxygen atoms in total. The van der Waals surface area contributed by atoms with Crippen LogP contribution in [0.1, 0.15) is 31.0 Å². The molecule has 0 saturated carbocycles. The summed E-state index contributed by atoms with van der Waals surface area (Å²) in [5.41, 5.74) is 2.55. The summed E-state index contributed by atoms with van der Waals surface area (Å²) in [5, 5.41) is 3.26. The Morgan fingerprint density at radius 1 is 1.35 bits per heavy atom. The van der Waals surface area contributed by atoms with E-state index in [1.54, 1.807) is 0 Å². The summed E-state index contributed by atoms with van der Waals surface area (Å²) in [7, 11) is 6.13. The van der Waals surface area contributed by atoms with Gasteiger partial charge in [0.2, 0.25) is 0 Å². The van der Waals surface area contributed by atoms with Crippen LogP contribution in [0.15, 0.2) is 18.2 Å². The molecule has 0 spiro atoms. The zero-order chi connectivity index (χ0) is 12.8. The third-order valence-corrected chi connectivity index (χ3v) is 2.80. The van der Waals surface area contributed by atoms with Crippen molar-refractivity contribution in [2.24, 2.45) is 0 Å². The second-order valence-corrected chi connectivity index (χ2v) is 4.55. The van der Waals surface area contributed by atoms with Gasteiger partial charge >= 0.3 is 0 Å². The number of hydrogen-bond acceptors (Lipinski definition) is 3. The smallest absolute Gasteiger partial charge is 0.123 e. The van der Waals surface area contributed by atoms with E-state index in [1.807, 2.05) is 14.0 Å². The van der Waals surface area contributed by atoms with Crippen molar-refractivity contribution in [1.82, 2.24) is 10.2 Å². The van der Waals surface area contributed by atoms with E-state index in [2.05, 4.69) is 49.4 Å². The molecule has 0 amide bonds. The summed E-state index contributed by atoms with van der Waals surface area (Å²) in [5.74, 6) is 0.994. The van der Waals surface area contributed by atoms with Gasteiger partial charge in [0.05, 0.1) is 6.61 Å². The van der Waals surface area contributed by atoms with E-state index in [0.717, 1.165) is 12.3 Å². The first kappa shape index (κ1) is 14.0. The van der Waals surface area contributed by atoms with Crippen molar-refractivity contribution >= 4 is 0 Å². The molecule has 0 aliphatic carbocycles. The van der Waals surface area contributed by atoms with Crippen LogP contribution in [0.2, 0.25) is 0 Å². The van der Waals surface area contributed by atoms with Crippen molar-refractivity contribution in [2.75, 3.05) is 27.7 Å². The molecular weight excluding hydrogens is 212 g/mol. The number of ether oxygens (including phenoxy) is 1. The molecule has 0 bridgehead atoms. The molecule has 0 radical (unpaired) electrons. The van der Waals surface area contributed by atoms with Crippen LogP contribution in [0, 0.1) is 0 Å². The minimum Gasteiger partial charge on any atom is -0.494 e. The summed E-state index contributed by atoms with van der Waals surface area (Å²) in [4.78, 5) is 2.16. The predicted octanol–water partition coefficient (Wildman–Crippen LogP) is 2.43. The van der Waals surface area contributed by atoms with E-state index in [4.69, 9.17) is 4.74 Å². The zero-order valence-corrected chi connectivity index (χ0v) is 11.6. The van der Waals surface area contributed by atoms with Crippen molar-refractivity contribution in [2.45, 2.75) is 26.4 Å². The van der Waals surface area contributed by atoms with Crippen LogP contribution in [0.4, 0.5) is 0 Å². The van der Waals surface area contributed by atoms with E-state index < -0.39 is 0 Å². The highest BCUT2D eigenvalue weighted by atomic mass is 16.5. The fourth-order valence-electron chi connectivity index (χ4n) is 1.80. The lowest BCUT2D eigenvalue weighted by molar-refractivity contribution is 0.324. The Morgan fingerprint density at radius 2 is 2.06 bits per heavy atom. The molecular formula is C14H24N2O. The molecule has 1 rings (SSSR count). The molecule has 0 aliphatic rings. The van der Waals surface area contributed by atoms with Crippen molar-refractivity contribution < 1.29 is 4.74 Å². The molecule has 0 aliphatic heterocycles. The van der Waals surface area contributed by atoms with Gasteiger partial charge in [0, 0.05) is 18.2 Å². The van der Waals surface area contributed by atoms with E-state index in [1.165, 1.54) is 11.1 Å². The highest BCUT2D eigenvalue weighted by Gasteiger charge is 2.09. The zero-order valence-electron chi connectivity index (χ0n) is 11.6. The first-order valence-corrected chi connectivity index (χ1v) is 6.16. The second-order valence-electron chi connectivity index (χ2n) is 4.55. The predicted molar refractivity (Wildman–Crippen MR) is 72.5 cm³/mol. The van der Waals surface area contributed by atoms with Gasteiger partial charge in [-0.05, 0) is 52.7 Å². The third kappa shape index (κ3) is 4.02. The Labute approximate surface area is 105 Å². The molecule has 1 aromatic rings. The standard InChI is InChI=1S/C14H24N2O/c1-6-17-14-8-7-12(11(2)15-3)9-13(14)10-16(4)5/h7-9,11,15H,6,10H2,1-5H3. The topological polar surface area (TPSA) is 24.5 Å². The molecule has 0 heterocycles. The average molecular weight is 236 g/mol. The monoisotopic (exact) mass is 236 g/mol. The number of nitrogens with one attached hydrogen (secondary N) is 1. The third-order valence-electron chi connectivity index (χ3n) is 2.80. The van der Waals surface area contributed by atoms with E-state index >= 15 is 0 Å². The molecule has 1 unspecified atom stereocenters. The number of rotatable bonds is 6. The maximum Gasteiger partial charge on any atom is 0.123 e. The lowest BCUT2D eigenvalue weighted by atomic mass is 10.0. The first-order valence-electron chi connectivity index (χ1n) is 6.16. The molecule has 17 heavy (non-hydrogen) atoms. The fraction of sp³-hybridized carbons (Fsp3) is 0.571. The van der Waals surface area contributed by atoms with Gasteiger partial charge in [0.25, 0.3) is 0 Å². The lowest BCUT2D eigenvalue weighted by Gasteiger charge is -2.18. The fourth-order valence-corrected chi connectivity index (χ4v) is 1.80. The quantitative estimate of drug-likeness (QED) is 0.821. The Hall–Kier alpha value is -1.06. The summed E-state index contributed by atoms with van der Waals surface area (Å²) in [6, 6.07) is 6.80. The van der Waals surface area contributed by atoms with Gasteiger partial charge < -0.3 is 15.0 Å². The minimum absolute atomic E-state index is 0.367. The van der Waals surface area contributed by atoms with Gasteiger partial charge in [-0.15, -0.1) is 0 Å². The van der Waals surface area contributed by atoms with E-state index in [0.29, 0.717) is 12.6 Å². The molecule has 0 fully saturated rings. The van der Waals surface area contributed by atoms with Crippen LogP contribution in [0.5, 0.6) is 5.75 Å². The first-order chi connectivity index (χ1) is 8.08. The highest BCUT2D eigenvalue weighted by Crippen LogP contribution is 2.24. The molecule has 1 atom stereocenters. The van der Waals surface area contributed by atoms with Crippen LogP contribution < -0.4 is 10.1 Å². The summed E-state index contributed by atoms with van der Waals surface area (Å²) < 4.78 is 5.66. The Kier molecular flexibility index (Phi) is 5.45. The Bertz CT molecular complexity index is 350. The molecule has 1 aromatic carbocycles. The van der Waals surface area contributed by atoms with Crippen molar-refractivity contribution in [1.29, 1.82) is 0 Å². The lowest BCUT2D eigenvalue weighted by Crippen LogP contribution is -2.15. The normalized spacial score (nSPS) is 12.8. The molecule has 0 saturated heterocycles. The Balaban J connectivity index is 3.00. The second kappa shape index (κ2) is 6.62. The van der Waals surface area contributed by atoms with Crippen LogP contribution in [-0.2, 0) is 6.54 Å². The molecule has 1 N–H and O–H groups in total. The van der Waals surface area contributed by atoms with Gasteiger partial charge in [-0.1, -0.05) is 6.07 Å². The van der Waals surface area contributed by atoms with E-state index in [-0.39, 0.29) is 0 Å². The maximum absolute atomic E-state index is 5.66.